The number of rotatable bonds is 5. The molecule has 2 aromatic rings. The summed E-state index contributed by atoms with van der Waals surface area (Å²) >= 11 is 0. The lowest BCUT2D eigenvalue weighted by Crippen LogP contribution is -2.29. The molecule has 0 aliphatic rings. The quantitative estimate of drug-likeness (QED) is 0.840. The second kappa shape index (κ2) is 5.89. The minimum absolute atomic E-state index is 0.125. The van der Waals surface area contributed by atoms with Gasteiger partial charge in [-0.05, 0) is 18.6 Å². The van der Waals surface area contributed by atoms with E-state index in [1.807, 2.05) is 37.3 Å². The Kier molecular flexibility index (Phi) is 4.22. The molecule has 2 rings (SSSR count). The van der Waals surface area contributed by atoms with Gasteiger partial charge in [0.05, 0.1) is 13.5 Å². The third kappa shape index (κ3) is 2.96. The normalized spacial score (nSPS) is 14.3. The molecule has 0 fully saturated rings. The van der Waals surface area contributed by atoms with Crippen LogP contribution in [-0.2, 0) is 9.53 Å². The highest BCUT2D eigenvalue weighted by molar-refractivity contribution is 5.78. The van der Waals surface area contributed by atoms with E-state index in [0.29, 0.717) is 0 Å². The number of methoxy groups -OCH3 is 1. The summed E-state index contributed by atoms with van der Waals surface area (Å²) in [7, 11) is 1.38. The Morgan fingerprint density at radius 3 is 2.79 bits per heavy atom. The van der Waals surface area contributed by atoms with E-state index in [2.05, 4.69) is 0 Å². The Morgan fingerprint density at radius 2 is 2.16 bits per heavy atom. The number of nitrogens with two attached hydrogens (primary N) is 1. The Labute approximate surface area is 112 Å². The fraction of sp³-hybridized carbons (Fsp3) is 0.400. The summed E-state index contributed by atoms with van der Waals surface area (Å²) in [6, 6.07) is 9.60. The molecule has 2 atom stereocenters. The lowest BCUT2D eigenvalue weighted by molar-refractivity contribution is -0.141. The zero-order valence-corrected chi connectivity index (χ0v) is 11.3. The second-order valence-electron chi connectivity index (χ2n) is 4.65. The lowest BCUT2D eigenvalue weighted by Gasteiger charge is -2.19. The largest absolute Gasteiger partial charge is 0.469 e. The number of esters is 1. The van der Waals surface area contributed by atoms with Crippen molar-refractivity contribution in [1.82, 2.24) is 0 Å². The van der Waals surface area contributed by atoms with Crippen LogP contribution in [0.15, 0.2) is 34.7 Å². The number of hydrogen-bond donors (Lipinski definition) is 1. The van der Waals surface area contributed by atoms with Gasteiger partial charge < -0.3 is 14.9 Å². The molecule has 1 aromatic heterocycles. The van der Waals surface area contributed by atoms with Crippen LogP contribution in [-0.4, -0.2) is 19.1 Å². The van der Waals surface area contributed by atoms with Crippen molar-refractivity contribution in [3.63, 3.8) is 0 Å². The zero-order chi connectivity index (χ0) is 13.8. The summed E-state index contributed by atoms with van der Waals surface area (Å²) in [5, 5.41) is 1.02. The first kappa shape index (κ1) is 13.6. The molecule has 2 unspecified atom stereocenters. The first-order chi connectivity index (χ1) is 9.15. The number of benzene rings is 1. The molecule has 1 aromatic carbocycles. The van der Waals surface area contributed by atoms with Crippen LogP contribution in [0.1, 0.15) is 31.4 Å². The van der Waals surface area contributed by atoms with Crippen molar-refractivity contribution < 1.29 is 13.9 Å². The Morgan fingerprint density at radius 1 is 1.42 bits per heavy atom. The van der Waals surface area contributed by atoms with Crippen molar-refractivity contribution in [2.24, 2.45) is 5.73 Å². The van der Waals surface area contributed by atoms with Crippen molar-refractivity contribution in [3.05, 3.63) is 36.1 Å². The molecule has 0 aliphatic heterocycles. The molecule has 102 valence electrons. The van der Waals surface area contributed by atoms with Crippen LogP contribution in [0.25, 0.3) is 11.0 Å². The van der Waals surface area contributed by atoms with Gasteiger partial charge >= 0.3 is 5.97 Å². The smallest absolute Gasteiger partial charge is 0.306 e. The Bertz CT molecular complexity index is 528. The van der Waals surface area contributed by atoms with E-state index in [-0.39, 0.29) is 24.3 Å². The maximum absolute atomic E-state index is 11.5. The van der Waals surface area contributed by atoms with Crippen LogP contribution in [0.4, 0.5) is 0 Å². The number of furan rings is 1. The van der Waals surface area contributed by atoms with Gasteiger partial charge in [0.15, 0.2) is 0 Å². The number of carbonyl (C=O) groups is 1. The van der Waals surface area contributed by atoms with Gasteiger partial charge in [-0.25, -0.2) is 0 Å². The predicted molar refractivity (Wildman–Crippen MR) is 73.9 cm³/mol. The molecule has 2 N–H and O–H groups in total. The van der Waals surface area contributed by atoms with Crippen molar-refractivity contribution in [3.8, 4) is 0 Å². The SMILES string of the molecule is CCC(N)C(CC(=O)OC)c1cc2ccccc2o1. The Balaban J connectivity index is 2.33. The highest BCUT2D eigenvalue weighted by atomic mass is 16.5. The topological polar surface area (TPSA) is 65.5 Å². The van der Waals surface area contributed by atoms with Gasteiger partial charge in [-0.15, -0.1) is 0 Å². The molecule has 0 saturated carbocycles. The van der Waals surface area contributed by atoms with E-state index in [1.165, 1.54) is 7.11 Å². The van der Waals surface area contributed by atoms with Crippen molar-refractivity contribution in [1.29, 1.82) is 0 Å². The molecule has 0 amide bonds. The highest BCUT2D eigenvalue weighted by Crippen LogP contribution is 2.30. The van der Waals surface area contributed by atoms with Crippen LogP contribution in [0.5, 0.6) is 0 Å². The molecule has 1 heterocycles. The average molecular weight is 261 g/mol. The van der Waals surface area contributed by atoms with E-state index in [4.69, 9.17) is 14.9 Å². The van der Waals surface area contributed by atoms with Crippen LogP contribution < -0.4 is 5.73 Å². The monoisotopic (exact) mass is 261 g/mol. The summed E-state index contributed by atoms with van der Waals surface area (Å²) < 4.78 is 10.5. The van der Waals surface area contributed by atoms with Crippen LogP contribution >= 0.6 is 0 Å². The van der Waals surface area contributed by atoms with Gasteiger partial charge in [0.25, 0.3) is 0 Å². The number of ether oxygens (including phenoxy) is 1. The van der Waals surface area contributed by atoms with Gasteiger partial charge in [0, 0.05) is 17.3 Å². The molecule has 0 radical (unpaired) electrons. The summed E-state index contributed by atoms with van der Waals surface area (Å²) in [6.45, 7) is 2.00. The van der Waals surface area contributed by atoms with E-state index in [9.17, 15) is 4.79 Å². The molecule has 0 bridgehead atoms. The molecule has 4 heteroatoms. The summed E-state index contributed by atoms with van der Waals surface area (Å²) in [4.78, 5) is 11.5. The second-order valence-corrected chi connectivity index (χ2v) is 4.65. The van der Waals surface area contributed by atoms with Crippen LogP contribution in [0.3, 0.4) is 0 Å². The third-order valence-electron chi connectivity index (χ3n) is 3.41. The number of fused-ring (bicyclic) bond motifs is 1. The van der Waals surface area contributed by atoms with Gasteiger partial charge in [0.2, 0.25) is 0 Å². The fourth-order valence-corrected chi connectivity index (χ4v) is 2.20. The minimum atomic E-state index is -0.269. The molecule has 4 nitrogen and oxygen atoms in total. The Hall–Kier alpha value is -1.81. The zero-order valence-electron chi connectivity index (χ0n) is 11.3. The van der Waals surface area contributed by atoms with Crippen LogP contribution in [0, 0.1) is 0 Å². The summed E-state index contributed by atoms with van der Waals surface area (Å²) in [5.74, 6) is 0.333. The lowest BCUT2D eigenvalue weighted by atomic mass is 9.92. The van der Waals surface area contributed by atoms with E-state index in [0.717, 1.165) is 23.2 Å². The molecule has 0 saturated heterocycles. The first-order valence-electron chi connectivity index (χ1n) is 6.46. The molecule has 0 spiro atoms. The molecule has 19 heavy (non-hydrogen) atoms. The number of carbonyl (C=O) groups excluding carboxylic acids is 1. The van der Waals surface area contributed by atoms with Gasteiger partial charge in [-0.3, -0.25) is 4.79 Å². The van der Waals surface area contributed by atoms with Crippen molar-refractivity contribution in [2.45, 2.75) is 31.7 Å². The predicted octanol–water partition coefficient (Wildman–Crippen LogP) is 2.82. The fourth-order valence-electron chi connectivity index (χ4n) is 2.20. The van der Waals surface area contributed by atoms with Gasteiger partial charge in [0.1, 0.15) is 11.3 Å². The highest BCUT2D eigenvalue weighted by Gasteiger charge is 2.25. The third-order valence-corrected chi connectivity index (χ3v) is 3.41. The minimum Gasteiger partial charge on any atom is -0.469 e. The summed E-state index contributed by atoms with van der Waals surface area (Å²) in [6.07, 6.45) is 1.02. The van der Waals surface area contributed by atoms with Crippen molar-refractivity contribution in [2.75, 3.05) is 7.11 Å². The van der Waals surface area contributed by atoms with Crippen LogP contribution in [0.2, 0.25) is 0 Å². The molecule has 0 aliphatic carbocycles. The first-order valence-corrected chi connectivity index (χ1v) is 6.46. The number of para-hydroxylation sites is 1. The van der Waals surface area contributed by atoms with Gasteiger partial charge in [-0.2, -0.15) is 0 Å². The maximum Gasteiger partial charge on any atom is 0.306 e. The van der Waals surface area contributed by atoms with Crippen molar-refractivity contribution >= 4 is 16.9 Å². The average Bonchev–Trinajstić information content (AvgIpc) is 2.87. The van der Waals surface area contributed by atoms with E-state index >= 15 is 0 Å². The maximum atomic E-state index is 11.5. The summed E-state index contributed by atoms with van der Waals surface area (Å²) in [5.41, 5.74) is 6.92. The molecular weight excluding hydrogens is 242 g/mol. The van der Waals surface area contributed by atoms with Gasteiger partial charge in [-0.1, -0.05) is 25.1 Å². The van der Waals surface area contributed by atoms with E-state index in [1.54, 1.807) is 0 Å². The van der Waals surface area contributed by atoms with E-state index < -0.39 is 0 Å². The standard InChI is InChI=1S/C15H19NO3/c1-3-12(16)11(9-15(17)18-2)14-8-10-6-4-5-7-13(10)19-14/h4-8,11-12H,3,9,16H2,1-2H3. The number of hydrogen-bond acceptors (Lipinski definition) is 4. The molecular formula is C15H19NO3.